The minimum absolute atomic E-state index is 0.164. The molecule has 0 aliphatic heterocycles. The molecule has 0 radical (unpaired) electrons. The second-order valence-electron chi connectivity index (χ2n) is 8.31. The molecule has 0 atom stereocenters. The average Bonchev–Trinajstić information content (AvgIpc) is 2.69. The van der Waals surface area contributed by atoms with Crippen LogP contribution in [0.25, 0.3) is 0 Å². The first-order chi connectivity index (χ1) is 13.0. The maximum Gasteiger partial charge on any atom is 0.501 e. The van der Waals surface area contributed by atoms with E-state index in [-0.39, 0.29) is 13.2 Å². The minimum Gasteiger partial charge on any atom is -0.394 e. The molecule has 0 amide bonds. The van der Waals surface area contributed by atoms with Crippen LogP contribution in [-0.2, 0) is 13.3 Å². The summed E-state index contributed by atoms with van der Waals surface area (Å²) in [6.45, 7) is 1.85. The Morgan fingerprint density at radius 2 is 1.29 bits per heavy atom. The van der Waals surface area contributed by atoms with Gasteiger partial charge in [0.2, 0.25) is 0 Å². The first kappa shape index (κ1) is 27.8. The molecule has 0 bridgehead atoms. The van der Waals surface area contributed by atoms with Gasteiger partial charge in [0.25, 0.3) is 0 Å². The molecule has 0 fully saturated rings. The van der Waals surface area contributed by atoms with Crippen LogP contribution in [0, 0.1) is 0 Å². The summed E-state index contributed by atoms with van der Waals surface area (Å²) in [7, 11) is 2.46. The normalized spacial score (nSPS) is 13.9. The standard InChI is InChI=1S/C17H42N3O7Si/c1-5-7-20(2,3)8-6-9-28(25-4,26-14-16(18,10-21)11-22)27-15-17(19,12-23)13-24/h21-24H,5-15,18-19H2,1-4H3/q+1. The van der Waals surface area contributed by atoms with Crippen molar-refractivity contribution in [2.45, 2.75) is 36.9 Å². The zero-order valence-corrected chi connectivity index (χ0v) is 18.9. The maximum absolute atomic E-state index is 9.41. The van der Waals surface area contributed by atoms with Gasteiger partial charge in [0.05, 0.1) is 77.9 Å². The van der Waals surface area contributed by atoms with Crippen LogP contribution >= 0.6 is 0 Å². The van der Waals surface area contributed by atoms with Gasteiger partial charge in [-0.15, -0.1) is 0 Å². The Bertz CT molecular complexity index is 400. The Morgan fingerprint density at radius 1 is 0.857 bits per heavy atom. The highest BCUT2D eigenvalue weighted by Crippen LogP contribution is 2.21. The average molecular weight is 429 g/mol. The van der Waals surface area contributed by atoms with Crippen molar-refractivity contribution >= 4 is 8.80 Å². The topological polar surface area (TPSA) is 161 Å². The zero-order chi connectivity index (χ0) is 21.9. The van der Waals surface area contributed by atoms with Crippen molar-refractivity contribution in [3.8, 4) is 0 Å². The summed E-state index contributed by atoms with van der Waals surface area (Å²) in [5, 5.41) is 37.6. The number of aliphatic hydroxyl groups excluding tert-OH is 4. The van der Waals surface area contributed by atoms with Crippen molar-refractivity contribution < 1.29 is 38.2 Å². The SMILES string of the molecule is CCC[N+](C)(C)CCC[Si](OC)(OCC(N)(CO)CO)OCC(N)(CO)CO. The van der Waals surface area contributed by atoms with Crippen molar-refractivity contribution in [3.05, 3.63) is 0 Å². The highest BCUT2D eigenvalue weighted by Gasteiger charge is 2.44. The van der Waals surface area contributed by atoms with Gasteiger partial charge in [0.1, 0.15) is 0 Å². The van der Waals surface area contributed by atoms with Gasteiger partial charge in [0.15, 0.2) is 0 Å². The molecule has 0 aromatic heterocycles. The first-order valence-corrected chi connectivity index (χ1v) is 11.6. The number of quaternary nitrogens is 1. The van der Waals surface area contributed by atoms with E-state index in [2.05, 4.69) is 21.0 Å². The lowest BCUT2D eigenvalue weighted by Gasteiger charge is -2.36. The maximum atomic E-state index is 9.41. The van der Waals surface area contributed by atoms with Crippen LogP contribution in [0.2, 0.25) is 6.04 Å². The molecule has 11 heteroatoms. The fourth-order valence-corrected chi connectivity index (χ4v) is 5.05. The third-order valence-electron chi connectivity index (χ3n) is 4.80. The van der Waals surface area contributed by atoms with Crippen LogP contribution in [0.1, 0.15) is 19.8 Å². The summed E-state index contributed by atoms with van der Waals surface area (Å²) in [6.07, 6.45) is 1.82. The lowest BCUT2D eigenvalue weighted by atomic mass is 10.1. The van der Waals surface area contributed by atoms with Crippen molar-refractivity contribution in [3.63, 3.8) is 0 Å². The monoisotopic (exact) mass is 428 g/mol. The van der Waals surface area contributed by atoms with Gasteiger partial charge in [-0.25, -0.2) is 0 Å². The molecule has 170 valence electrons. The molecule has 0 aliphatic rings. The Labute approximate surface area is 169 Å². The minimum atomic E-state index is -3.29. The van der Waals surface area contributed by atoms with Crippen LogP contribution in [0.5, 0.6) is 0 Å². The van der Waals surface area contributed by atoms with E-state index in [0.717, 1.165) is 30.4 Å². The second kappa shape index (κ2) is 12.5. The van der Waals surface area contributed by atoms with Gasteiger partial charge in [-0.1, -0.05) is 6.92 Å². The van der Waals surface area contributed by atoms with E-state index in [9.17, 15) is 20.4 Å². The molecule has 0 spiro atoms. The van der Waals surface area contributed by atoms with Crippen LogP contribution in [0.4, 0.5) is 0 Å². The predicted octanol–water partition coefficient (Wildman–Crippen LogP) is -2.15. The van der Waals surface area contributed by atoms with E-state index in [4.69, 9.17) is 24.7 Å². The highest BCUT2D eigenvalue weighted by atomic mass is 28.4. The molecule has 0 saturated heterocycles. The number of hydrogen-bond donors (Lipinski definition) is 6. The molecule has 0 saturated carbocycles. The van der Waals surface area contributed by atoms with Gasteiger partial charge < -0.3 is 49.7 Å². The summed E-state index contributed by atoms with van der Waals surface area (Å²) in [5.74, 6) is 0. The summed E-state index contributed by atoms with van der Waals surface area (Å²) in [6, 6.07) is 0.467. The van der Waals surface area contributed by atoms with Crippen molar-refractivity contribution in [1.82, 2.24) is 0 Å². The van der Waals surface area contributed by atoms with E-state index >= 15 is 0 Å². The molecule has 28 heavy (non-hydrogen) atoms. The molecule has 0 unspecified atom stereocenters. The van der Waals surface area contributed by atoms with E-state index in [0.29, 0.717) is 6.04 Å². The number of nitrogens with zero attached hydrogens (tertiary/aromatic N) is 1. The van der Waals surface area contributed by atoms with Gasteiger partial charge in [-0.05, 0) is 6.42 Å². The molecule has 0 heterocycles. The fraction of sp³-hybridized carbons (Fsp3) is 1.00. The quantitative estimate of drug-likeness (QED) is 0.112. The summed E-state index contributed by atoms with van der Waals surface area (Å²) in [4.78, 5) is 0. The summed E-state index contributed by atoms with van der Waals surface area (Å²) < 4.78 is 18.3. The van der Waals surface area contributed by atoms with Crippen LogP contribution in [0.15, 0.2) is 0 Å². The Morgan fingerprint density at radius 3 is 1.61 bits per heavy atom. The zero-order valence-electron chi connectivity index (χ0n) is 17.9. The number of aliphatic hydroxyl groups is 4. The van der Waals surface area contributed by atoms with Gasteiger partial charge in [-0.2, -0.15) is 0 Å². The number of hydrogen-bond acceptors (Lipinski definition) is 9. The van der Waals surface area contributed by atoms with Crippen molar-refractivity contribution in [1.29, 1.82) is 0 Å². The van der Waals surface area contributed by atoms with Crippen LogP contribution in [-0.4, -0.2) is 119 Å². The molecular formula is C17H42N3O7Si+. The molecule has 0 aromatic carbocycles. The van der Waals surface area contributed by atoms with E-state index in [1.165, 1.54) is 7.11 Å². The highest BCUT2D eigenvalue weighted by molar-refractivity contribution is 6.60. The van der Waals surface area contributed by atoms with Crippen molar-refractivity contribution in [2.24, 2.45) is 11.5 Å². The molecule has 0 aliphatic carbocycles. The molecule has 0 aromatic rings. The van der Waals surface area contributed by atoms with Crippen LogP contribution in [0.3, 0.4) is 0 Å². The predicted molar refractivity (Wildman–Crippen MR) is 108 cm³/mol. The molecular weight excluding hydrogens is 386 g/mol. The first-order valence-electron chi connectivity index (χ1n) is 9.65. The summed E-state index contributed by atoms with van der Waals surface area (Å²) >= 11 is 0. The lowest BCUT2D eigenvalue weighted by molar-refractivity contribution is -0.890. The largest absolute Gasteiger partial charge is 0.501 e. The van der Waals surface area contributed by atoms with E-state index < -0.39 is 46.3 Å². The fourth-order valence-electron chi connectivity index (χ4n) is 2.64. The number of nitrogens with two attached hydrogens (primary N) is 2. The van der Waals surface area contributed by atoms with Gasteiger partial charge in [0, 0.05) is 19.6 Å². The Balaban J connectivity index is 5.24. The molecule has 10 nitrogen and oxygen atoms in total. The molecule has 0 rings (SSSR count). The lowest BCUT2D eigenvalue weighted by Crippen LogP contribution is -2.59. The van der Waals surface area contributed by atoms with E-state index in [1.54, 1.807) is 0 Å². The number of rotatable bonds is 17. The van der Waals surface area contributed by atoms with Crippen molar-refractivity contribution in [2.75, 3.05) is 73.9 Å². The second-order valence-corrected chi connectivity index (χ2v) is 11.2. The van der Waals surface area contributed by atoms with E-state index in [1.807, 2.05) is 0 Å². The third kappa shape index (κ3) is 9.54. The summed E-state index contributed by atoms with van der Waals surface area (Å²) in [5.41, 5.74) is 9.16. The smallest absolute Gasteiger partial charge is 0.394 e. The van der Waals surface area contributed by atoms with Gasteiger partial charge >= 0.3 is 8.80 Å². The Hall–Kier alpha value is -0.183. The third-order valence-corrected chi connectivity index (χ3v) is 7.56. The van der Waals surface area contributed by atoms with Crippen LogP contribution < -0.4 is 11.5 Å². The Kier molecular flexibility index (Phi) is 12.4. The molecule has 8 N–H and O–H groups in total. The van der Waals surface area contributed by atoms with Gasteiger partial charge in [-0.3, -0.25) is 0 Å².